The number of ether oxygens (including phenoxy) is 1. The highest BCUT2D eigenvalue weighted by Gasteiger charge is 2.47. The zero-order valence-electron chi connectivity index (χ0n) is 10.5. The van der Waals surface area contributed by atoms with E-state index in [4.69, 9.17) is 10.5 Å². The number of methoxy groups -OCH3 is 1. The van der Waals surface area contributed by atoms with Crippen LogP contribution >= 0.6 is 0 Å². The third kappa shape index (κ3) is 1.50. The van der Waals surface area contributed by atoms with E-state index in [1.165, 1.54) is 43.2 Å². The van der Waals surface area contributed by atoms with Crippen LogP contribution in [0, 0.1) is 5.92 Å². The molecule has 1 aromatic rings. The fourth-order valence-corrected chi connectivity index (χ4v) is 3.77. The van der Waals surface area contributed by atoms with E-state index in [1.54, 1.807) is 7.11 Å². The lowest BCUT2D eigenvalue weighted by Crippen LogP contribution is -2.48. The topological polar surface area (TPSA) is 35.2 Å². The Labute approximate surface area is 103 Å². The molecule has 0 aromatic heterocycles. The van der Waals surface area contributed by atoms with Gasteiger partial charge in [-0.1, -0.05) is 12.5 Å². The molecule has 1 saturated carbocycles. The van der Waals surface area contributed by atoms with Crippen molar-refractivity contribution in [1.29, 1.82) is 0 Å². The molecule has 0 aliphatic heterocycles. The first kappa shape index (κ1) is 11.1. The van der Waals surface area contributed by atoms with Crippen LogP contribution in [0.4, 0.5) is 0 Å². The molecule has 2 heteroatoms. The highest BCUT2D eigenvalue weighted by Crippen LogP contribution is 2.54. The highest BCUT2D eigenvalue weighted by atomic mass is 16.5. The lowest BCUT2D eigenvalue weighted by atomic mass is 9.53. The zero-order valence-corrected chi connectivity index (χ0v) is 10.5. The van der Waals surface area contributed by atoms with Gasteiger partial charge in [-0.05, 0) is 66.8 Å². The summed E-state index contributed by atoms with van der Waals surface area (Å²) in [7, 11) is 1.75. The molecule has 0 heterocycles. The molecule has 17 heavy (non-hydrogen) atoms. The molecule has 2 nitrogen and oxygen atoms in total. The number of fused-ring (bicyclic) bond motifs is 2. The van der Waals surface area contributed by atoms with Gasteiger partial charge in [0.15, 0.2) is 0 Å². The largest absolute Gasteiger partial charge is 0.497 e. The summed E-state index contributed by atoms with van der Waals surface area (Å²) in [6, 6.07) is 6.60. The molecule has 0 radical (unpaired) electrons. The van der Waals surface area contributed by atoms with Crippen LogP contribution in [0.3, 0.4) is 0 Å². The lowest BCUT2D eigenvalue weighted by Gasteiger charge is -2.51. The molecule has 0 saturated heterocycles. The monoisotopic (exact) mass is 231 g/mol. The summed E-state index contributed by atoms with van der Waals surface area (Å²) in [6.07, 6.45) is 6.43. The van der Waals surface area contributed by atoms with Crippen molar-refractivity contribution in [3.8, 4) is 5.75 Å². The SMILES string of the molecule is COc1ccc2c(c1)C1(CCC1)C(CN)CC2. The summed E-state index contributed by atoms with van der Waals surface area (Å²) in [5, 5.41) is 0. The maximum absolute atomic E-state index is 5.98. The fourth-order valence-electron chi connectivity index (χ4n) is 3.77. The fraction of sp³-hybridized carbons (Fsp3) is 0.600. The van der Waals surface area contributed by atoms with Crippen LogP contribution in [0.25, 0.3) is 0 Å². The second-order valence-electron chi connectivity index (χ2n) is 5.50. The maximum atomic E-state index is 5.98. The van der Waals surface area contributed by atoms with Gasteiger partial charge in [-0.25, -0.2) is 0 Å². The van der Waals surface area contributed by atoms with Crippen LogP contribution in [0.5, 0.6) is 5.75 Å². The molecule has 2 N–H and O–H groups in total. The van der Waals surface area contributed by atoms with Crippen LogP contribution in [-0.2, 0) is 11.8 Å². The van der Waals surface area contributed by atoms with E-state index in [9.17, 15) is 0 Å². The second kappa shape index (κ2) is 4.02. The third-order valence-electron chi connectivity index (χ3n) is 4.93. The van der Waals surface area contributed by atoms with Gasteiger partial charge in [0.05, 0.1) is 7.11 Å². The molecule has 1 fully saturated rings. The average molecular weight is 231 g/mol. The first-order chi connectivity index (χ1) is 8.30. The Hall–Kier alpha value is -1.02. The summed E-state index contributed by atoms with van der Waals surface area (Å²) < 4.78 is 5.38. The van der Waals surface area contributed by atoms with Crippen molar-refractivity contribution in [2.75, 3.05) is 13.7 Å². The standard InChI is InChI=1S/C15H21NO/c1-17-13-6-4-11-3-5-12(10-16)15(7-2-8-15)14(11)9-13/h4,6,9,12H,2-3,5,7-8,10,16H2,1H3. The van der Waals surface area contributed by atoms with E-state index < -0.39 is 0 Å². The van der Waals surface area contributed by atoms with E-state index in [0.717, 1.165) is 12.3 Å². The Bertz CT molecular complexity index is 423. The van der Waals surface area contributed by atoms with E-state index >= 15 is 0 Å². The van der Waals surface area contributed by atoms with Gasteiger partial charge in [-0.3, -0.25) is 0 Å². The van der Waals surface area contributed by atoms with Gasteiger partial charge in [-0.2, -0.15) is 0 Å². The van der Waals surface area contributed by atoms with Crippen LogP contribution in [0.2, 0.25) is 0 Å². The molecule has 1 atom stereocenters. The first-order valence-electron chi connectivity index (χ1n) is 6.67. The summed E-state index contributed by atoms with van der Waals surface area (Å²) in [4.78, 5) is 0. The molecule has 1 aromatic carbocycles. The Morgan fingerprint density at radius 2 is 2.24 bits per heavy atom. The van der Waals surface area contributed by atoms with Crippen LogP contribution in [0.15, 0.2) is 18.2 Å². The van der Waals surface area contributed by atoms with Gasteiger partial charge < -0.3 is 10.5 Å². The molecular weight excluding hydrogens is 210 g/mol. The van der Waals surface area contributed by atoms with Gasteiger partial charge in [0, 0.05) is 0 Å². The van der Waals surface area contributed by atoms with E-state index in [-0.39, 0.29) is 0 Å². The minimum atomic E-state index is 0.386. The van der Waals surface area contributed by atoms with Crippen molar-refractivity contribution >= 4 is 0 Å². The molecule has 1 spiro atoms. The number of hydrogen-bond donors (Lipinski definition) is 1. The van der Waals surface area contributed by atoms with Crippen molar-refractivity contribution in [1.82, 2.24) is 0 Å². The van der Waals surface area contributed by atoms with Crippen molar-refractivity contribution in [3.63, 3.8) is 0 Å². The molecule has 0 amide bonds. The first-order valence-corrected chi connectivity index (χ1v) is 6.67. The van der Waals surface area contributed by atoms with E-state index in [2.05, 4.69) is 18.2 Å². The number of rotatable bonds is 2. The van der Waals surface area contributed by atoms with Crippen LogP contribution in [-0.4, -0.2) is 13.7 Å². The second-order valence-corrected chi connectivity index (χ2v) is 5.50. The van der Waals surface area contributed by atoms with Gasteiger partial charge in [-0.15, -0.1) is 0 Å². The minimum absolute atomic E-state index is 0.386. The summed E-state index contributed by atoms with van der Waals surface area (Å²) in [5.41, 5.74) is 9.43. The lowest BCUT2D eigenvalue weighted by molar-refractivity contribution is 0.129. The maximum Gasteiger partial charge on any atom is 0.119 e. The summed E-state index contributed by atoms with van der Waals surface area (Å²) in [5.74, 6) is 1.67. The van der Waals surface area contributed by atoms with Gasteiger partial charge in [0.1, 0.15) is 5.75 Å². The number of nitrogens with two attached hydrogens (primary N) is 1. The molecule has 2 aliphatic rings. The minimum Gasteiger partial charge on any atom is -0.497 e. The molecular formula is C15H21NO. The van der Waals surface area contributed by atoms with Gasteiger partial charge in [0.25, 0.3) is 0 Å². The smallest absolute Gasteiger partial charge is 0.119 e. The predicted molar refractivity (Wildman–Crippen MR) is 69.4 cm³/mol. The normalized spacial score (nSPS) is 25.2. The molecule has 92 valence electrons. The predicted octanol–water partition coefficient (Wildman–Crippen LogP) is 2.64. The Kier molecular flexibility index (Phi) is 2.62. The Morgan fingerprint density at radius 3 is 2.82 bits per heavy atom. The van der Waals surface area contributed by atoms with Crippen LogP contribution < -0.4 is 10.5 Å². The average Bonchev–Trinajstić information content (AvgIpc) is 2.34. The van der Waals surface area contributed by atoms with Crippen molar-refractivity contribution in [2.45, 2.75) is 37.5 Å². The zero-order chi connectivity index (χ0) is 11.9. The number of hydrogen-bond acceptors (Lipinski definition) is 2. The molecule has 1 unspecified atom stereocenters. The van der Waals surface area contributed by atoms with Gasteiger partial charge in [0.2, 0.25) is 0 Å². The highest BCUT2D eigenvalue weighted by molar-refractivity contribution is 5.44. The van der Waals surface area contributed by atoms with Crippen molar-refractivity contribution in [3.05, 3.63) is 29.3 Å². The molecule has 2 aliphatic carbocycles. The summed E-state index contributed by atoms with van der Waals surface area (Å²) >= 11 is 0. The van der Waals surface area contributed by atoms with Crippen molar-refractivity contribution in [2.24, 2.45) is 11.7 Å². The molecule has 0 bridgehead atoms. The van der Waals surface area contributed by atoms with Crippen molar-refractivity contribution < 1.29 is 4.74 Å². The summed E-state index contributed by atoms with van der Waals surface area (Å²) in [6.45, 7) is 0.830. The third-order valence-corrected chi connectivity index (χ3v) is 4.93. The quantitative estimate of drug-likeness (QED) is 0.849. The van der Waals surface area contributed by atoms with Gasteiger partial charge >= 0.3 is 0 Å². The number of benzene rings is 1. The Balaban J connectivity index is 2.07. The Morgan fingerprint density at radius 1 is 1.41 bits per heavy atom. The number of aryl methyl sites for hydroxylation is 1. The van der Waals surface area contributed by atoms with Crippen LogP contribution in [0.1, 0.15) is 36.8 Å². The van der Waals surface area contributed by atoms with E-state index in [0.29, 0.717) is 11.3 Å². The molecule has 3 rings (SSSR count). The van der Waals surface area contributed by atoms with E-state index in [1.807, 2.05) is 0 Å².